The highest BCUT2D eigenvalue weighted by atomic mass is 15.3. The van der Waals surface area contributed by atoms with Gasteiger partial charge in [0, 0.05) is 24.7 Å². The van der Waals surface area contributed by atoms with Crippen molar-refractivity contribution in [2.75, 3.05) is 32.7 Å². The van der Waals surface area contributed by atoms with Gasteiger partial charge < -0.3 is 5.32 Å². The molecule has 0 amide bonds. The predicted molar refractivity (Wildman–Crippen MR) is 89.7 cm³/mol. The van der Waals surface area contributed by atoms with Crippen LogP contribution in [0, 0.1) is 0 Å². The molecule has 2 saturated heterocycles. The van der Waals surface area contributed by atoms with E-state index in [1.165, 1.54) is 90.5 Å². The number of nitrogens with zero attached hydrogens (tertiary/aromatic N) is 2. The second-order valence-electron chi connectivity index (χ2n) is 7.45. The average molecular weight is 293 g/mol. The largest absolute Gasteiger partial charge is 0.312 e. The van der Waals surface area contributed by atoms with Crippen molar-refractivity contribution in [3.05, 3.63) is 0 Å². The van der Waals surface area contributed by atoms with Crippen molar-refractivity contribution in [1.29, 1.82) is 0 Å². The highest BCUT2D eigenvalue weighted by molar-refractivity contribution is 4.92. The molecular weight excluding hydrogens is 258 g/mol. The van der Waals surface area contributed by atoms with Crippen LogP contribution in [0.15, 0.2) is 0 Å². The minimum Gasteiger partial charge on any atom is -0.312 e. The van der Waals surface area contributed by atoms with Crippen LogP contribution in [-0.4, -0.2) is 60.6 Å². The fraction of sp³-hybridized carbons (Fsp3) is 1.00. The van der Waals surface area contributed by atoms with Gasteiger partial charge in [0.15, 0.2) is 0 Å². The summed E-state index contributed by atoms with van der Waals surface area (Å²) in [6, 6.07) is 2.42. The lowest BCUT2D eigenvalue weighted by atomic mass is 10.00. The van der Waals surface area contributed by atoms with Crippen LogP contribution in [0.5, 0.6) is 0 Å². The molecule has 2 aliphatic heterocycles. The third-order valence-corrected chi connectivity index (χ3v) is 5.94. The summed E-state index contributed by atoms with van der Waals surface area (Å²) >= 11 is 0. The fourth-order valence-electron chi connectivity index (χ4n) is 4.83. The van der Waals surface area contributed by atoms with Crippen molar-refractivity contribution in [3.63, 3.8) is 0 Å². The fourth-order valence-corrected chi connectivity index (χ4v) is 4.83. The van der Waals surface area contributed by atoms with E-state index in [2.05, 4.69) is 22.0 Å². The van der Waals surface area contributed by atoms with Gasteiger partial charge in [0.2, 0.25) is 0 Å². The Labute approximate surface area is 131 Å². The Morgan fingerprint density at radius 2 is 1.67 bits per heavy atom. The molecule has 122 valence electrons. The number of nitrogens with one attached hydrogen (secondary N) is 1. The maximum Gasteiger partial charge on any atom is 0.0250 e. The van der Waals surface area contributed by atoms with Crippen molar-refractivity contribution in [1.82, 2.24) is 15.1 Å². The minimum atomic E-state index is 0.750. The van der Waals surface area contributed by atoms with E-state index in [1.54, 1.807) is 0 Å². The van der Waals surface area contributed by atoms with Crippen molar-refractivity contribution in [3.8, 4) is 0 Å². The molecular formula is C18H35N3. The second-order valence-corrected chi connectivity index (χ2v) is 7.45. The van der Waals surface area contributed by atoms with E-state index in [9.17, 15) is 0 Å². The minimum absolute atomic E-state index is 0.750. The summed E-state index contributed by atoms with van der Waals surface area (Å²) in [6.07, 6.45) is 12.7. The molecule has 0 spiro atoms. The topological polar surface area (TPSA) is 18.5 Å². The third kappa shape index (κ3) is 4.00. The quantitative estimate of drug-likeness (QED) is 0.804. The Balaban J connectivity index is 1.65. The first-order valence-electron chi connectivity index (χ1n) is 9.60. The normalized spacial score (nSPS) is 36.1. The number of hydrogen-bond donors (Lipinski definition) is 1. The summed E-state index contributed by atoms with van der Waals surface area (Å²) in [5.41, 5.74) is 0. The van der Waals surface area contributed by atoms with Gasteiger partial charge in [-0.25, -0.2) is 0 Å². The lowest BCUT2D eigenvalue weighted by Gasteiger charge is -2.37. The van der Waals surface area contributed by atoms with Gasteiger partial charge in [-0.1, -0.05) is 26.2 Å². The van der Waals surface area contributed by atoms with E-state index < -0.39 is 0 Å². The lowest BCUT2D eigenvalue weighted by molar-refractivity contribution is 0.134. The number of rotatable bonds is 4. The lowest BCUT2D eigenvalue weighted by Crippen LogP contribution is -2.52. The highest BCUT2D eigenvalue weighted by Gasteiger charge is 2.34. The Morgan fingerprint density at radius 1 is 0.857 bits per heavy atom. The standard InChI is InChI=1S/C18H35N3/c1-2-11-19-17-9-4-3-5-10-18(17)21-14-7-13-20-12-6-8-16(20)15-21/h16-19H,2-15H2,1H3. The summed E-state index contributed by atoms with van der Waals surface area (Å²) in [4.78, 5) is 5.65. The molecule has 1 saturated carbocycles. The SMILES string of the molecule is CCCNC1CCCCCC1N1CCCN2CCCC2C1. The molecule has 1 aliphatic carbocycles. The van der Waals surface area contributed by atoms with E-state index >= 15 is 0 Å². The molecule has 0 radical (unpaired) electrons. The molecule has 3 rings (SSSR count). The summed E-state index contributed by atoms with van der Waals surface area (Å²) in [6.45, 7) is 8.88. The van der Waals surface area contributed by atoms with Gasteiger partial charge in [-0.05, 0) is 64.7 Å². The predicted octanol–water partition coefficient (Wildman–Crippen LogP) is 2.86. The molecule has 3 fully saturated rings. The summed E-state index contributed by atoms with van der Waals surface area (Å²) < 4.78 is 0. The number of fused-ring (bicyclic) bond motifs is 1. The Bertz CT molecular complexity index is 307. The van der Waals surface area contributed by atoms with E-state index in [4.69, 9.17) is 0 Å². The Hall–Kier alpha value is -0.120. The zero-order valence-corrected chi connectivity index (χ0v) is 14.0. The second kappa shape index (κ2) is 7.94. The van der Waals surface area contributed by atoms with Gasteiger partial charge in [-0.3, -0.25) is 9.80 Å². The van der Waals surface area contributed by atoms with Gasteiger partial charge in [-0.15, -0.1) is 0 Å². The zero-order valence-electron chi connectivity index (χ0n) is 14.0. The first-order valence-corrected chi connectivity index (χ1v) is 9.60. The van der Waals surface area contributed by atoms with Crippen molar-refractivity contribution in [2.45, 2.75) is 82.8 Å². The monoisotopic (exact) mass is 293 g/mol. The van der Waals surface area contributed by atoms with Crippen LogP contribution in [0.1, 0.15) is 64.7 Å². The van der Waals surface area contributed by atoms with Gasteiger partial charge in [0.25, 0.3) is 0 Å². The van der Waals surface area contributed by atoms with Crippen molar-refractivity contribution >= 4 is 0 Å². The van der Waals surface area contributed by atoms with Crippen LogP contribution in [0.25, 0.3) is 0 Å². The van der Waals surface area contributed by atoms with E-state index in [0.717, 1.165) is 18.1 Å². The zero-order chi connectivity index (χ0) is 14.5. The first-order chi connectivity index (χ1) is 10.4. The van der Waals surface area contributed by atoms with Crippen LogP contribution < -0.4 is 5.32 Å². The molecule has 3 unspecified atom stereocenters. The van der Waals surface area contributed by atoms with Gasteiger partial charge >= 0.3 is 0 Å². The highest BCUT2D eigenvalue weighted by Crippen LogP contribution is 2.27. The Kier molecular flexibility index (Phi) is 5.96. The van der Waals surface area contributed by atoms with Crippen molar-refractivity contribution < 1.29 is 0 Å². The smallest absolute Gasteiger partial charge is 0.0250 e. The van der Waals surface area contributed by atoms with Gasteiger partial charge in [0.1, 0.15) is 0 Å². The van der Waals surface area contributed by atoms with Crippen LogP contribution in [0.4, 0.5) is 0 Å². The van der Waals surface area contributed by atoms with Crippen molar-refractivity contribution in [2.24, 2.45) is 0 Å². The van der Waals surface area contributed by atoms with Crippen LogP contribution >= 0.6 is 0 Å². The Morgan fingerprint density at radius 3 is 2.57 bits per heavy atom. The summed E-state index contributed by atoms with van der Waals surface area (Å²) in [5, 5.41) is 3.88. The molecule has 3 atom stereocenters. The molecule has 3 aliphatic rings. The van der Waals surface area contributed by atoms with Crippen LogP contribution in [0.3, 0.4) is 0 Å². The summed E-state index contributed by atoms with van der Waals surface area (Å²) in [7, 11) is 0. The molecule has 2 heterocycles. The summed E-state index contributed by atoms with van der Waals surface area (Å²) in [5.74, 6) is 0. The van der Waals surface area contributed by atoms with Gasteiger partial charge in [0.05, 0.1) is 0 Å². The molecule has 0 aromatic heterocycles. The van der Waals surface area contributed by atoms with Crippen LogP contribution in [-0.2, 0) is 0 Å². The van der Waals surface area contributed by atoms with Gasteiger partial charge in [-0.2, -0.15) is 0 Å². The molecule has 3 heteroatoms. The third-order valence-electron chi connectivity index (χ3n) is 5.94. The molecule has 0 aromatic carbocycles. The molecule has 0 bridgehead atoms. The molecule has 3 nitrogen and oxygen atoms in total. The van der Waals surface area contributed by atoms with E-state index in [0.29, 0.717) is 0 Å². The van der Waals surface area contributed by atoms with E-state index in [1.807, 2.05) is 0 Å². The molecule has 1 N–H and O–H groups in total. The number of hydrogen-bond acceptors (Lipinski definition) is 3. The maximum absolute atomic E-state index is 3.88. The van der Waals surface area contributed by atoms with E-state index in [-0.39, 0.29) is 0 Å². The molecule has 21 heavy (non-hydrogen) atoms. The average Bonchev–Trinajstić information content (AvgIpc) is 2.72. The maximum atomic E-state index is 3.88. The molecule has 0 aromatic rings. The first kappa shape index (κ1) is 15.8. The van der Waals surface area contributed by atoms with Crippen LogP contribution in [0.2, 0.25) is 0 Å².